The molecule has 0 aromatic heterocycles. The Morgan fingerprint density at radius 2 is 2.11 bits per heavy atom. The third-order valence-corrected chi connectivity index (χ3v) is 3.44. The van der Waals surface area contributed by atoms with Crippen molar-refractivity contribution >= 4 is 0 Å². The van der Waals surface area contributed by atoms with Crippen LogP contribution in [-0.4, -0.2) is 31.4 Å². The molecule has 1 fully saturated rings. The van der Waals surface area contributed by atoms with Crippen molar-refractivity contribution in [3.8, 4) is 0 Å². The summed E-state index contributed by atoms with van der Waals surface area (Å²) in [4.78, 5) is 5.82. The van der Waals surface area contributed by atoms with E-state index in [0.29, 0.717) is 6.04 Å². The second-order valence-electron chi connectivity index (χ2n) is 4.75. The maximum atomic E-state index is 5.82. The van der Waals surface area contributed by atoms with Gasteiger partial charge in [-0.1, -0.05) is 37.3 Å². The molecule has 1 heterocycles. The average molecular weight is 249 g/mol. The van der Waals surface area contributed by atoms with Crippen LogP contribution in [0.4, 0.5) is 0 Å². The van der Waals surface area contributed by atoms with Crippen molar-refractivity contribution < 1.29 is 9.57 Å². The lowest BCUT2D eigenvalue weighted by Gasteiger charge is -2.30. The van der Waals surface area contributed by atoms with Gasteiger partial charge in [-0.05, 0) is 24.8 Å². The lowest BCUT2D eigenvalue weighted by Crippen LogP contribution is -2.35. The number of benzene rings is 1. The molecule has 2 rings (SSSR count). The first-order chi connectivity index (χ1) is 8.86. The van der Waals surface area contributed by atoms with E-state index in [2.05, 4.69) is 36.3 Å². The van der Waals surface area contributed by atoms with E-state index in [9.17, 15) is 0 Å². The Labute approximate surface area is 110 Å². The minimum atomic E-state index is 0.102. The summed E-state index contributed by atoms with van der Waals surface area (Å²) in [5, 5.41) is 2.12. The molecule has 0 unspecified atom stereocenters. The first-order valence-electron chi connectivity index (χ1n) is 6.84. The van der Waals surface area contributed by atoms with Crippen molar-refractivity contribution in [3.05, 3.63) is 35.9 Å². The average Bonchev–Trinajstić information content (AvgIpc) is 2.87. The third kappa shape index (κ3) is 3.10. The monoisotopic (exact) mass is 249 g/mol. The highest BCUT2D eigenvalue weighted by molar-refractivity contribution is 5.19. The highest BCUT2D eigenvalue weighted by atomic mass is 16.7. The molecule has 0 radical (unpaired) electrons. The second-order valence-corrected chi connectivity index (χ2v) is 4.75. The number of hydrogen-bond acceptors (Lipinski definition) is 3. The Bertz CT molecular complexity index is 342. The van der Waals surface area contributed by atoms with Gasteiger partial charge in [-0.25, -0.2) is 0 Å². The maximum Gasteiger partial charge on any atom is 0.0999 e. The fourth-order valence-electron chi connectivity index (χ4n) is 2.60. The maximum absolute atomic E-state index is 5.82. The minimum Gasteiger partial charge on any atom is -0.375 e. The van der Waals surface area contributed by atoms with Gasteiger partial charge in [-0.15, -0.1) is 0 Å². The van der Waals surface area contributed by atoms with Crippen LogP contribution in [0.1, 0.15) is 37.9 Å². The summed E-state index contributed by atoms with van der Waals surface area (Å²) in [6.45, 7) is 3.94. The van der Waals surface area contributed by atoms with Crippen molar-refractivity contribution in [2.24, 2.45) is 0 Å². The number of ether oxygens (including phenoxy) is 1. The molecule has 0 bridgehead atoms. The molecule has 18 heavy (non-hydrogen) atoms. The van der Waals surface area contributed by atoms with E-state index in [0.717, 1.165) is 26.0 Å². The topological polar surface area (TPSA) is 21.7 Å². The Morgan fingerprint density at radius 3 is 2.78 bits per heavy atom. The van der Waals surface area contributed by atoms with Crippen LogP contribution in [0.5, 0.6) is 0 Å². The van der Waals surface area contributed by atoms with Gasteiger partial charge in [0.15, 0.2) is 0 Å². The molecule has 0 N–H and O–H groups in total. The zero-order valence-corrected chi connectivity index (χ0v) is 11.3. The van der Waals surface area contributed by atoms with E-state index in [1.807, 2.05) is 6.07 Å². The van der Waals surface area contributed by atoms with Gasteiger partial charge in [-0.2, -0.15) is 5.06 Å². The molecule has 3 nitrogen and oxygen atoms in total. The molecular formula is C15H23NO2. The van der Waals surface area contributed by atoms with Crippen molar-refractivity contribution in [1.29, 1.82) is 0 Å². The molecule has 100 valence electrons. The van der Waals surface area contributed by atoms with Crippen LogP contribution >= 0.6 is 0 Å². The van der Waals surface area contributed by atoms with Gasteiger partial charge in [0.05, 0.1) is 18.8 Å². The van der Waals surface area contributed by atoms with Crippen LogP contribution in [0.2, 0.25) is 0 Å². The van der Waals surface area contributed by atoms with Crippen LogP contribution in [0.3, 0.4) is 0 Å². The third-order valence-electron chi connectivity index (χ3n) is 3.44. The van der Waals surface area contributed by atoms with Gasteiger partial charge in [0.25, 0.3) is 0 Å². The molecule has 3 heteroatoms. The van der Waals surface area contributed by atoms with Gasteiger partial charge in [0.1, 0.15) is 0 Å². The fourth-order valence-corrected chi connectivity index (χ4v) is 2.60. The normalized spacial score (nSPS) is 22.2. The van der Waals surface area contributed by atoms with E-state index < -0.39 is 0 Å². The summed E-state index contributed by atoms with van der Waals surface area (Å²) in [6, 6.07) is 10.8. The Hall–Kier alpha value is -0.900. The summed E-state index contributed by atoms with van der Waals surface area (Å²) in [7, 11) is 1.79. The van der Waals surface area contributed by atoms with E-state index >= 15 is 0 Å². The van der Waals surface area contributed by atoms with E-state index in [1.165, 1.54) is 12.0 Å². The fraction of sp³-hybridized carbons (Fsp3) is 0.600. The Kier molecular flexibility index (Phi) is 5.17. The molecule has 0 amide bonds. The molecule has 0 aliphatic carbocycles. The van der Waals surface area contributed by atoms with Gasteiger partial charge in [0.2, 0.25) is 0 Å². The van der Waals surface area contributed by atoms with Crippen molar-refractivity contribution in [2.75, 3.05) is 20.3 Å². The number of methoxy groups -OCH3 is 1. The Morgan fingerprint density at radius 1 is 1.33 bits per heavy atom. The van der Waals surface area contributed by atoms with Crippen LogP contribution < -0.4 is 0 Å². The molecule has 0 saturated carbocycles. The molecule has 2 atom stereocenters. The van der Waals surface area contributed by atoms with Crippen molar-refractivity contribution in [3.63, 3.8) is 0 Å². The number of hydroxylamine groups is 2. The van der Waals surface area contributed by atoms with Crippen molar-refractivity contribution in [2.45, 2.75) is 38.3 Å². The molecule has 1 saturated heterocycles. The molecule has 1 aromatic carbocycles. The van der Waals surface area contributed by atoms with Gasteiger partial charge in [0, 0.05) is 13.7 Å². The largest absolute Gasteiger partial charge is 0.375 e. The van der Waals surface area contributed by atoms with Gasteiger partial charge in [-0.3, -0.25) is 4.84 Å². The summed E-state index contributed by atoms with van der Waals surface area (Å²) >= 11 is 0. The summed E-state index contributed by atoms with van der Waals surface area (Å²) in [5.74, 6) is 0. The van der Waals surface area contributed by atoms with E-state index in [4.69, 9.17) is 9.57 Å². The number of nitrogens with zero attached hydrogens (tertiary/aromatic N) is 1. The SMILES string of the molecule is CCCON1CCC[C@H]1[C@H](OC)c1ccccc1. The molecular weight excluding hydrogens is 226 g/mol. The molecule has 1 aliphatic heterocycles. The van der Waals surface area contributed by atoms with Crippen LogP contribution in [-0.2, 0) is 9.57 Å². The second kappa shape index (κ2) is 6.88. The van der Waals surface area contributed by atoms with Gasteiger partial charge < -0.3 is 4.74 Å². The van der Waals surface area contributed by atoms with Crippen molar-refractivity contribution in [1.82, 2.24) is 5.06 Å². The molecule has 0 spiro atoms. The lowest BCUT2D eigenvalue weighted by molar-refractivity contribution is -0.191. The predicted molar refractivity (Wildman–Crippen MR) is 72.2 cm³/mol. The molecule has 1 aliphatic rings. The predicted octanol–water partition coefficient (Wildman–Crippen LogP) is 3.18. The van der Waals surface area contributed by atoms with E-state index in [1.54, 1.807) is 7.11 Å². The first kappa shape index (κ1) is 13.5. The minimum absolute atomic E-state index is 0.102. The first-order valence-corrected chi connectivity index (χ1v) is 6.84. The van der Waals surface area contributed by atoms with Crippen LogP contribution in [0, 0.1) is 0 Å². The zero-order chi connectivity index (χ0) is 12.8. The molecule has 1 aromatic rings. The summed E-state index contributed by atoms with van der Waals surface area (Å²) in [6.07, 6.45) is 3.47. The summed E-state index contributed by atoms with van der Waals surface area (Å²) < 4.78 is 5.71. The smallest absolute Gasteiger partial charge is 0.0999 e. The number of rotatable bonds is 6. The Balaban J connectivity index is 2.07. The van der Waals surface area contributed by atoms with Gasteiger partial charge >= 0.3 is 0 Å². The van der Waals surface area contributed by atoms with Crippen LogP contribution in [0.15, 0.2) is 30.3 Å². The number of hydrogen-bond donors (Lipinski definition) is 0. The van der Waals surface area contributed by atoms with E-state index in [-0.39, 0.29) is 6.10 Å². The highest BCUT2D eigenvalue weighted by Gasteiger charge is 2.33. The quantitative estimate of drug-likeness (QED) is 0.773. The van der Waals surface area contributed by atoms with Crippen LogP contribution in [0.25, 0.3) is 0 Å². The highest BCUT2D eigenvalue weighted by Crippen LogP contribution is 2.31. The standard InChI is InChI=1S/C15H23NO2/c1-3-12-18-16-11-7-10-14(16)15(17-2)13-8-5-4-6-9-13/h4-6,8-9,14-15H,3,7,10-12H2,1-2H3/t14-,15+/m0/s1. The summed E-state index contributed by atoms with van der Waals surface area (Å²) in [5.41, 5.74) is 1.23. The zero-order valence-electron chi connectivity index (χ0n) is 11.3. The lowest BCUT2D eigenvalue weighted by atomic mass is 10.0.